The van der Waals surface area contributed by atoms with Gasteiger partial charge in [-0.25, -0.2) is 0 Å². The lowest BCUT2D eigenvalue weighted by atomic mass is 9.98. The van der Waals surface area contributed by atoms with E-state index in [-0.39, 0.29) is 0 Å². The maximum absolute atomic E-state index is 4.18. The minimum atomic E-state index is 0.885. The number of nitrogens with one attached hydrogen (secondary N) is 1. The summed E-state index contributed by atoms with van der Waals surface area (Å²) in [5.41, 5.74) is 4.71. The molecule has 2 aromatic carbocycles. The van der Waals surface area contributed by atoms with Crippen molar-refractivity contribution in [2.45, 2.75) is 6.54 Å². The summed E-state index contributed by atoms with van der Waals surface area (Å²) >= 11 is 0. The molecule has 2 aromatic rings. The zero-order chi connectivity index (χ0) is 12.1. The van der Waals surface area contributed by atoms with Crippen molar-refractivity contribution >= 4 is 5.57 Å². The first-order valence-corrected chi connectivity index (χ1v) is 5.79. The van der Waals surface area contributed by atoms with Crippen molar-refractivity contribution in [3.05, 3.63) is 77.9 Å². The largest absolute Gasteiger partial charge is 0.316 e. The highest BCUT2D eigenvalue weighted by Gasteiger charge is 2.02. The van der Waals surface area contributed by atoms with E-state index in [1.807, 2.05) is 25.2 Å². The molecule has 1 N–H and O–H groups in total. The van der Waals surface area contributed by atoms with Crippen LogP contribution in [-0.2, 0) is 6.54 Å². The van der Waals surface area contributed by atoms with E-state index in [1.54, 1.807) is 0 Å². The summed E-state index contributed by atoms with van der Waals surface area (Å²) in [6.07, 6.45) is 0. The summed E-state index contributed by atoms with van der Waals surface area (Å²) < 4.78 is 0. The number of rotatable bonds is 4. The topological polar surface area (TPSA) is 12.0 Å². The van der Waals surface area contributed by atoms with E-state index in [0.29, 0.717) is 0 Å². The van der Waals surface area contributed by atoms with Crippen LogP contribution in [0.25, 0.3) is 5.57 Å². The van der Waals surface area contributed by atoms with Gasteiger partial charge < -0.3 is 5.32 Å². The summed E-state index contributed by atoms with van der Waals surface area (Å²) in [7, 11) is 1.96. The molecule has 0 fully saturated rings. The molecule has 0 atom stereocenters. The molecule has 0 aromatic heterocycles. The van der Waals surface area contributed by atoms with Gasteiger partial charge in [-0.3, -0.25) is 0 Å². The third-order valence-electron chi connectivity index (χ3n) is 2.78. The van der Waals surface area contributed by atoms with Gasteiger partial charge in [0.15, 0.2) is 0 Å². The molecule has 0 spiro atoms. The van der Waals surface area contributed by atoms with Crippen molar-refractivity contribution in [2.24, 2.45) is 0 Å². The molecular formula is C16H17N. The Morgan fingerprint density at radius 1 is 1.00 bits per heavy atom. The SMILES string of the molecule is C=C(c1ccccc1)c1cccc(CNC)c1. The average molecular weight is 223 g/mol. The van der Waals surface area contributed by atoms with E-state index >= 15 is 0 Å². The molecule has 0 saturated carbocycles. The average Bonchev–Trinajstić information content (AvgIpc) is 2.40. The minimum absolute atomic E-state index is 0.885. The lowest BCUT2D eigenvalue weighted by Crippen LogP contribution is -2.05. The van der Waals surface area contributed by atoms with E-state index in [4.69, 9.17) is 0 Å². The number of hydrogen-bond donors (Lipinski definition) is 1. The quantitative estimate of drug-likeness (QED) is 0.837. The zero-order valence-electron chi connectivity index (χ0n) is 10.1. The fraction of sp³-hybridized carbons (Fsp3) is 0.125. The van der Waals surface area contributed by atoms with E-state index < -0.39 is 0 Å². The number of hydrogen-bond acceptors (Lipinski definition) is 1. The van der Waals surface area contributed by atoms with Gasteiger partial charge in [-0.1, -0.05) is 55.1 Å². The molecular weight excluding hydrogens is 206 g/mol. The molecule has 86 valence electrons. The van der Waals surface area contributed by atoms with Gasteiger partial charge in [0, 0.05) is 6.54 Å². The second kappa shape index (κ2) is 5.46. The van der Waals surface area contributed by atoms with Crippen LogP contribution < -0.4 is 5.32 Å². The highest BCUT2D eigenvalue weighted by Crippen LogP contribution is 2.21. The third kappa shape index (κ3) is 2.83. The summed E-state index contributed by atoms with van der Waals surface area (Å²) in [5.74, 6) is 0. The molecule has 0 saturated heterocycles. The second-order valence-electron chi connectivity index (χ2n) is 4.08. The van der Waals surface area contributed by atoms with Crippen LogP contribution in [0.3, 0.4) is 0 Å². The number of benzene rings is 2. The maximum Gasteiger partial charge on any atom is 0.0202 e. The van der Waals surface area contributed by atoms with Crippen LogP contribution in [0.5, 0.6) is 0 Å². The maximum atomic E-state index is 4.18. The van der Waals surface area contributed by atoms with Gasteiger partial charge >= 0.3 is 0 Å². The van der Waals surface area contributed by atoms with Crippen molar-refractivity contribution in [3.63, 3.8) is 0 Å². The van der Waals surface area contributed by atoms with Crippen molar-refractivity contribution in [1.82, 2.24) is 5.32 Å². The lowest BCUT2D eigenvalue weighted by molar-refractivity contribution is 0.817. The Labute approximate surface area is 103 Å². The van der Waals surface area contributed by atoms with Crippen LogP contribution in [-0.4, -0.2) is 7.05 Å². The molecule has 0 aliphatic rings. The van der Waals surface area contributed by atoms with Crippen molar-refractivity contribution in [2.75, 3.05) is 7.05 Å². The summed E-state index contributed by atoms with van der Waals surface area (Å²) in [5, 5.41) is 3.16. The molecule has 2 rings (SSSR count). The van der Waals surface area contributed by atoms with Crippen LogP contribution in [0.1, 0.15) is 16.7 Å². The molecule has 1 nitrogen and oxygen atoms in total. The van der Waals surface area contributed by atoms with Gasteiger partial charge in [-0.15, -0.1) is 0 Å². The molecule has 0 aliphatic carbocycles. The first kappa shape index (κ1) is 11.6. The first-order valence-electron chi connectivity index (χ1n) is 5.79. The second-order valence-corrected chi connectivity index (χ2v) is 4.08. The Morgan fingerprint density at radius 2 is 1.71 bits per heavy atom. The van der Waals surface area contributed by atoms with Crippen molar-refractivity contribution in [3.8, 4) is 0 Å². The van der Waals surface area contributed by atoms with E-state index in [1.165, 1.54) is 16.7 Å². The Bertz CT molecular complexity index is 500. The third-order valence-corrected chi connectivity index (χ3v) is 2.78. The minimum Gasteiger partial charge on any atom is -0.316 e. The Morgan fingerprint density at radius 3 is 2.41 bits per heavy atom. The van der Waals surface area contributed by atoms with E-state index in [9.17, 15) is 0 Å². The smallest absolute Gasteiger partial charge is 0.0202 e. The van der Waals surface area contributed by atoms with Gasteiger partial charge in [0.05, 0.1) is 0 Å². The van der Waals surface area contributed by atoms with Crippen molar-refractivity contribution in [1.29, 1.82) is 0 Å². The molecule has 0 amide bonds. The lowest BCUT2D eigenvalue weighted by Gasteiger charge is -2.08. The Balaban J connectivity index is 2.28. The highest BCUT2D eigenvalue weighted by atomic mass is 14.8. The predicted molar refractivity (Wildman–Crippen MR) is 73.8 cm³/mol. The first-order chi connectivity index (χ1) is 8.31. The molecule has 0 radical (unpaired) electrons. The van der Waals surface area contributed by atoms with Crippen LogP contribution in [0.4, 0.5) is 0 Å². The molecule has 17 heavy (non-hydrogen) atoms. The van der Waals surface area contributed by atoms with Gasteiger partial charge in [-0.05, 0) is 35.4 Å². The standard InChI is InChI=1S/C16H17N/c1-13(15-8-4-3-5-9-15)16-10-6-7-14(11-16)12-17-2/h3-11,17H,1,12H2,2H3. The normalized spacial score (nSPS) is 10.2. The van der Waals surface area contributed by atoms with Crippen LogP contribution in [0, 0.1) is 0 Å². The predicted octanol–water partition coefficient (Wildman–Crippen LogP) is 3.47. The van der Waals surface area contributed by atoms with E-state index in [0.717, 1.165) is 12.1 Å². The Kier molecular flexibility index (Phi) is 3.73. The summed E-state index contributed by atoms with van der Waals surface area (Å²) in [6.45, 7) is 5.06. The van der Waals surface area contributed by atoms with Gasteiger partial charge in [-0.2, -0.15) is 0 Å². The highest BCUT2D eigenvalue weighted by molar-refractivity contribution is 5.78. The Hall–Kier alpha value is -1.86. The van der Waals surface area contributed by atoms with Gasteiger partial charge in [0.1, 0.15) is 0 Å². The van der Waals surface area contributed by atoms with Crippen LogP contribution >= 0.6 is 0 Å². The van der Waals surface area contributed by atoms with Crippen LogP contribution in [0.2, 0.25) is 0 Å². The fourth-order valence-electron chi connectivity index (χ4n) is 1.88. The monoisotopic (exact) mass is 223 g/mol. The molecule has 0 aliphatic heterocycles. The fourth-order valence-corrected chi connectivity index (χ4v) is 1.88. The molecule has 0 bridgehead atoms. The van der Waals surface area contributed by atoms with E-state index in [2.05, 4.69) is 48.3 Å². The summed E-state index contributed by atoms with van der Waals surface area (Å²) in [6, 6.07) is 18.8. The van der Waals surface area contributed by atoms with Crippen LogP contribution in [0.15, 0.2) is 61.2 Å². The molecule has 1 heteroatoms. The molecule has 0 heterocycles. The molecule has 0 unspecified atom stereocenters. The van der Waals surface area contributed by atoms with Crippen molar-refractivity contribution < 1.29 is 0 Å². The zero-order valence-corrected chi connectivity index (χ0v) is 10.1. The summed E-state index contributed by atoms with van der Waals surface area (Å²) in [4.78, 5) is 0. The van der Waals surface area contributed by atoms with Gasteiger partial charge in [0.25, 0.3) is 0 Å². The van der Waals surface area contributed by atoms with Gasteiger partial charge in [0.2, 0.25) is 0 Å².